The minimum absolute atomic E-state index is 0.0884. The van der Waals surface area contributed by atoms with Crippen molar-refractivity contribution < 1.29 is 47.5 Å². The Balaban J connectivity index is 4.54. The standard InChI is InChI=1S/C46H74NO10P/c1-3-5-7-9-11-13-15-17-19-20-21-22-24-25-27-29-31-33-35-37-44(48)54-39-42(40-55-58(52,53)56-41-43(47)46(50)51)57-45(49)38-36-34-32-30-28-26-23-18-16-14-12-10-8-6-4-2/h6,8,11-14,17-19,21-23,25,27,31,33,42-43H,3-5,7,9-10,15-16,20,24,26,28-30,32,34-41,47H2,1-2H3,(H,50,51)(H,52,53)/b8-6-,13-11-,14-12-,19-17-,22-21-,23-18-,27-25-,33-31-/t42-,43+/m1/s1. The van der Waals surface area contributed by atoms with E-state index in [4.69, 9.17) is 24.8 Å². The Morgan fingerprint density at radius 3 is 1.52 bits per heavy atom. The van der Waals surface area contributed by atoms with Crippen molar-refractivity contribution in [3.05, 3.63) is 97.2 Å². The molecule has 0 saturated heterocycles. The monoisotopic (exact) mass is 832 g/mol. The SMILES string of the molecule is CC/C=C\C/C=C\C/C=C\CCCCCCCC(=O)O[C@H](COC(=O)CC/C=C\C/C=C\C/C=C\C/C=C\C/C=C\CCCCC)COP(=O)(O)OC[C@H](N)C(=O)O. The van der Waals surface area contributed by atoms with E-state index in [1.54, 1.807) is 0 Å². The van der Waals surface area contributed by atoms with Crippen molar-refractivity contribution in [2.45, 2.75) is 154 Å². The predicted molar refractivity (Wildman–Crippen MR) is 235 cm³/mol. The van der Waals surface area contributed by atoms with Crippen molar-refractivity contribution >= 4 is 25.7 Å². The van der Waals surface area contributed by atoms with E-state index >= 15 is 0 Å². The lowest BCUT2D eigenvalue weighted by atomic mass is 10.1. The van der Waals surface area contributed by atoms with E-state index < -0.39 is 57.7 Å². The van der Waals surface area contributed by atoms with Gasteiger partial charge in [0.1, 0.15) is 12.6 Å². The maximum Gasteiger partial charge on any atom is 0.472 e. The summed E-state index contributed by atoms with van der Waals surface area (Å²) in [4.78, 5) is 45.9. The molecule has 0 amide bonds. The molecule has 328 valence electrons. The van der Waals surface area contributed by atoms with Crippen LogP contribution in [0.5, 0.6) is 0 Å². The van der Waals surface area contributed by atoms with E-state index in [-0.39, 0.29) is 12.8 Å². The number of aliphatic carboxylic acids is 1. The van der Waals surface area contributed by atoms with Gasteiger partial charge >= 0.3 is 25.7 Å². The number of hydrogen-bond acceptors (Lipinski definition) is 9. The number of hydrogen-bond donors (Lipinski definition) is 3. The maximum atomic E-state index is 12.6. The van der Waals surface area contributed by atoms with Gasteiger partial charge in [-0.15, -0.1) is 0 Å². The first-order valence-electron chi connectivity index (χ1n) is 21.3. The average molecular weight is 832 g/mol. The van der Waals surface area contributed by atoms with Crippen LogP contribution < -0.4 is 5.73 Å². The fourth-order valence-corrected chi connectivity index (χ4v) is 5.78. The second kappa shape index (κ2) is 40.2. The van der Waals surface area contributed by atoms with Crippen LogP contribution in [-0.2, 0) is 37.5 Å². The molecule has 11 nitrogen and oxygen atoms in total. The molecule has 0 bridgehead atoms. The molecule has 0 aliphatic carbocycles. The van der Waals surface area contributed by atoms with Crippen LogP contribution in [0.25, 0.3) is 0 Å². The molecule has 0 aromatic rings. The fourth-order valence-electron chi connectivity index (χ4n) is 5.00. The lowest BCUT2D eigenvalue weighted by Gasteiger charge is -2.20. The third-order valence-corrected chi connectivity index (χ3v) is 9.28. The van der Waals surface area contributed by atoms with E-state index in [2.05, 4.69) is 103 Å². The van der Waals surface area contributed by atoms with Crippen LogP contribution in [0.15, 0.2) is 97.2 Å². The molecular weight excluding hydrogens is 757 g/mol. The summed E-state index contributed by atoms with van der Waals surface area (Å²) in [6.07, 6.45) is 50.6. The number of phosphoric ester groups is 1. The maximum absolute atomic E-state index is 12.6. The van der Waals surface area contributed by atoms with Crippen LogP contribution >= 0.6 is 7.82 Å². The molecule has 0 rings (SSSR count). The normalized spacial score (nSPS) is 14.7. The van der Waals surface area contributed by atoms with Gasteiger partial charge in [0.2, 0.25) is 0 Å². The first-order chi connectivity index (χ1) is 28.1. The summed E-state index contributed by atoms with van der Waals surface area (Å²) in [5.41, 5.74) is 5.32. The van der Waals surface area contributed by atoms with Gasteiger partial charge in [-0.3, -0.25) is 23.4 Å². The highest BCUT2D eigenvalue weighted by Crippen LogP contribution is 2.43. The molecular formula is C46H74NO10P. The molecule has 0 spiro atoms. The zero-order valence-electron chi connectivity index (χ0n) is 35.3. The summed E-state index contributed by atoms with van der Waals surface area (Å²) in [5.74, 6) is -2.52. The molecule has 0 aliphatic heterocycles. The molecule has 0 radical (unpaired) electrons. The Kier molecular flexibility index (Phi) is 37.7. The highest BCUT2D eigenvalue weighted by atomic mass is 31.2. The summed E-state index contributed by atoms with van der Waals surface area (Å²) < 4.78 is 32.6. The molecule has 0 fully saturated rings. The zero-order chi connectivity index (χ0) is 42.8. The number of allylic oxidation sites excluding steroid dienone is 16. The topological polar surface area (TPSA) is 172 Å². The van der Waals surface area contributed by atoms with Gasteiger partial charge in [0, 0.05) is 12.8 Å². The van der Waals surface area contributed by atoms with Gasteiger partial charge in [-0.25, -0.2) is 4.57 Å². The fraction of sp³-hybridized carbons (Fsp3) is 0.587. The highest BCUT2D eigenvalue weighted by Gasteiger charge is 2.28. The second-order valence-corrected chi connectivity index (χ2v) is 15.2. The van der Waals surface area contributed by atoms with Crippen LogP contribution in [0.4, 0.5) is 0 Å². The molecule has 0 aromatic carbocycles. The largest absolute Gasteiger partial charge is 0.480 e. The van der Waals surface area contributed by atoms with Crippen LogP contribution in [0.2, 0.25) is 0 Å². The zero-order valence-corrected chi connectivity index (χ0v) is 36.2. The van der Waals surface area contributed by atoms with Gasteiger partial charge in [0.05, 0.1) is 13.2 Å². The highest BCUT2D eigenvalue weighted by molar-refractivity contribution is 7.47. The summed E-state index contributed by atoms with van der Waals surface area (Å²) in [5, 5.41) is 8.88. The smallest absolute Gasteiger partial charge is 0.472 e. The van der Waals surface area contributed by atoms with Crippen molar-refractivity contribution in [2.75, 3.05) is 19.8 Å². The summed E-state index contributed by atoms with van der Waals surface area (Å²) >= 11 is 0. The number of ether oxygens (including phenoxy) is 2. The number of carbonyl (C=O) groups excluding carboxylic acids is 2. The second-order valence-electron chi connectivity index (χ2n) is 13.7. The first kappa shape index (κ1) is 54.4. The lowest BCUT2D eigenvalue weighted by molar-refractivity contribution is -0.161. The molecule has 12 heteroatoms. The van der Waals surface area contributed by atoms with Gasteiger partial charge in [0.25, 0.3) is 0 Å². The first-order valence-corrected chi connectivity index (χ1v) is 22.8. The number of rotatable bonds is 38. The van der Waals surface area contributed by atoms with E-state index in [9.17, 15) is 23.8 Å². The van der Waals surface area contributed by atoms with E-state index in [0.29, 0.717) is 12.8 Å². The van der Waals surface area contributed by atoms with E-state index in [1.807, 2.05) is 12.2 Å². The van der Waals surface area contributed by atoms with Crippen LogP contribution in [0.3, 0.4) is 0 Å². The van der Waals surface area contributed by atoms with Gasteiger partial charge < -0.3 is 25.2 Å². The molecule has 0 saturated carbocycles. The van der Waals surface area contributed by atoms with Crippen molar-refractivity contribution in [3.8, 4) is 0 Å². The Morgan fingerprint density at radius 2 is 1.00 bits per heavy atom. The summed E-state index contributed by atoms with van der Waals surface area (Å²) in [6.45, 7) is 2.54. The summed E-state index contributed by atoms with van der Waals surface area (Å²) in [7, 11) is -4.74. The molecule has 3 atom stereocenters. The molecule has 0 heterocycles. The summed E-state index contributed by atoms with van der Waals surface area (Å²) in [6, 6.07) is -1.54. The third kappa shape index (κ3) is 39.2. The quantitative estimate of drug-likeness (QED) is 0.0234. The van der Waals surface area contributed by atoms with Gasteiger partial charge in [-0.05, 0) is 83.5 Å². The Labute approximate surface area is 349 Å². The Bertz CT molecular complexity index is 1350. The number of phosphoric acid groups is 1. The van der Waals surface area contributed by atoms with Crippen molar-refractivity contribution in [1.82, 2.24) is 0 Å². The van der Waals surface area contributed by atoms with Crippen molar-refractivity contribution in [1.29, 1.82) is 0 Å². The van der Waals surface area contributed by atoms with Crippen LogP contribution in [0.1, 0.15) is 142 Å². The number of carboxylic acids is 1. The molecule has 0 aliphatic rings. The van der Waals surface area contributed by atoms with Gasteiger partial charge in [-0.1, -0.05) is 143 Å². The van der Waals surface area contributed by atoms with E-state index in [1.165, 1.54) is 19.3 Å². The molecule has 1 unspecified atom stereocenters. The molecule has 0 aromatic heterocycles. The minimum atomic E-state index is -4.74. The predicted octanol–water partition coefficient (Wildman–Crippen LogP) is 11.3. The number of unbranched alkanes of at least 4 members (excludes halogenated alkanes) is 8. The lowest BCUT2D eigenvalue weighted by Crippen LogP contribution is -2.34. The number of esters is 2. The Morgan fingerprint density at radius 1 is 0.552 bits per heavy atom. The average Bonchev–Trinajstić information content (AvgIpc) is 3.20. The number of carbonyl (C=O) groups is 3. The van der Waals surface area contributed by atoms with Gasteiger partial charge in [-0.2, -0.15) is 0 Å². The number of nitrogens with two attached hydrogens (primary N) is 1. The third-order valence-electron chi connectivity index (χ3n) is 8.33. The van der Waals surface area contributed by atoms with Crippen molar-refractivity contribution in [2.24, 2.45) is 5.73 Å². The van der Waals surface area contributed by atoms with Crippen LogP contribution in [-0.4, -0.2) is 59.9 Å². The van der Waals surface area contributed by atoms with E-state index in [0.717, 1.165) is 83.5 Å². The van der Waals surface area contributed by atoms with Crippen molar-refractivity contribution in [3.63, 3.8) is 0 Å². The number of carboxylic acid groups (broad SMARTS) is 1. The van der Waals surface area contributed by atoms with Crippen LogP contribution in [0, 0.1) is 0 Å². The Hall–Kier alpha value is -3.60. The molecule has 58 heavy (non-hydrogen) atoms. The molecule has 4 N–H and O–H groups in total. The van der Waals surface area contributed by atoms with Gasteiger partial charge in [0.15, 0.2) is 6.10 Å². The minimum Gasteiger partial charge on any atom is -0.480 e.